The minimum Gasteiger partial charge on any atom is -0.396 e. The van der Waals surface area contributed by atoms with Gasteiger partial charge in [0.15, 0.2) is 0 Å². The van der Waals surface area contributed by atoms with Gasteiger partial charge in [-0.25, -0.2) is 0 Å². The molecule has 4 rings (SSSR count). The van der Waals surface area contributed by atoms with Crippen LogP contribution in [0, 0.1) is 11.8 Å². The molecule has 1 saturated carbocycles. The Kier molecular flexibility index (Phi) is 10.7. The van der Waals surface area contributed by atoms with Gasteiger partial charge in [-0.05, 0) is 69.5 Å². The van der Waals surface area contributed by atoms with Gasteiger partial charge in [-0.2, -0.15) is 13.1 Å². The van der Waals surface area contributed by atoms with Gasteiger partial charge in [0.05, 0.1) is 0 Å². The van der Waals surface area contributed by atoms with Gasteiger partial charge in [-0.3, -0.25) is 9.45 Å². The van der Waals surface area contributed by atoms with Crippen molar-refractivity contribution in [2.75, 3.05) is 13.2 Å². The Bertz CT molecular complexity index is 887. The van der Waals surface area contributed by atoms with Crippen molar-refractivity contribution in [3.05, 3.63) is 35.4 Å². The van der Waals surface area contributed by atoms with Crippen molar-refractivity contribution in [3.63, 3.8) is 0 Å². The van der Waals surface area contributed by atoms with Crippen LogP contribution in [0.25, 0.3) is 0 Å². The summed E-state index contributed by atoms with van der Waals surface area (Å²) in [7, 11) is -3.97. The number of nitrogens with one attached hydrogen (secondary N) is 1. The van der Waals surface area contributed by atoms with Crippen molar-refractivity contribution >= 4 is 10.3 Å². The van der Waals surface area contributed by atoms with Crippen molar-refractivity contribution in [1.29, 1.82) is 0 Å². The Morgan fingerprint density at radius 1 is 0.970 bits per heavy atom. The third kappa shape index (κ3) is 8.70. The zero-order valence-electron chi connectivity index (χ0n) is 19.7. The van der Waals surface area contributed by atoms with Crippen LogP contribution in [0.15, 0.2) is 24.3 Å². The maximum absolute atomic E-state index is 10.3. The summed E-state index contributed by atoms with van der Waals surface area (Å²) in [5.74, 6) is 6.68. The second kappa shape index (κ2) is 13.5. The number of fused-ring (bicyclic) bond motifs is 1. The van der Waals surface area contributed by atoms with Gasteiger partial charge in [-0.1, -0.05) is 55.7 Å². The fourth-order valence-electron chi connectivity index (χ4n) is 5.41. The van der Waals surface area contributed by atoms with Gasteiger partial charge < -0.3 is 5.11 Å². The zero-order chi connectivity index (χ0) is 23.5. The average Bonchev–Trinajstić information content (AvgIpc) is 3.23. The highest BCUT2D eigenvalue weighted by molar-refractivity contribution is 7.83. The molecule has 1 aliphatic carbocycles. The lowest BCUT2D eigenvalue weighted by Crippen LogP contribution is -2.36. The van der Waals surface area contributed by atoms with Crippen LogP contribution < -0.4 is 4.72 Å². The standard InChI is InChI=1S/C20H27NO.C6H13NO3S/c22-16-8-2-1-3-9-17-10-4-5-12-19(17)20-14-13-18-11-6-7-15-21(18)20;8-11(9,10)7-6-4-2-1-3-5-6/h4-5,10,12,18,20,22H,1-2,6-8,11,13-16H2;6-7H,1-5H2,(H,8,9,10)/t18?,20-;/m1./s1. The summed E-state index contributed by atoms with van der Waals surface area (Å²) in [6, 6.07) is 10.1. The molecule has 3 N–H and O–H groups in total. The Morgan fingerprint density at radius 2 is 1.73 bits per heavy atom. The first-order valence-electron chi connectivity index (χ1n) is 12.7. The van der Waals surface area contributed by atoms with E-state index in [-0.39, 0.29) is 12.6 Å². The number of aliphatic hydroxyl groups is 1. The molecule has 0 radical (unpaired) electrons. The summed E-state index contributed by atoms with van der Waals surface area (Å²) >= 11 is 0. The molecule has 2 atom stereocenters. The predicted octanol–water partition coefficient (Wildman–Crippen LogP) is 4.60. The molecule has 1 aromatic rings. The van der Waals surface area contributed by atoms with E-state index < -0.39 is 10.3 Å². The van der Waals surface area contributed by atoms with E-state index in [0.717, 1.165) is 51.0 Å². The molecule has 2 aliphatic heterocycles. The first kappa shape index (κ1) is 26.2. The minimum atomic E-state index is -3.97. The highest BCUT2D eigenvalue weighted by atomic mass is 32.2. The summed E-state index contributed by atoms with van der Waals surface area (Å²) in [5, 5.41) is 8.83. The Labute approximate surface area is 200 Å². The molecule has 1 aromatic carbocycles. The Hall–Kier alpha value is -1.43. The number of benzene rings is 1. The first-order valence-corrected chi connectivity index (χ1v) is 14.1. The molecular formula is C26H40N2O4S. The molecule has 2 saturated heterocycles. The van der Waals surface area contributed by atoms with E-state index in [9.17, 15) is 8.42 Å². The Morgan fingerprint density at radius 3 is 2.48 bits per heavy atom. The zero-order valence-corrected chi connectivity index (χ0v) is 20.5. The van der Waals surface area contributed by atoms with E-state index in [1.54, 1.807) is 0 Å². The molecule has 3 fully saturated rings. The van der Waals surface area contributed by atoms with E-state index in [0.29, 0.717) is 6.04 Å². The lowest BCUT2D eigenvalue weighted by Gasteiger charge is -2.34. The maximum Gasteiger partial charge on any atom is 0.333 e. The number of aliphatic hydroxyl groups excluding tert-OH is 1. The van der Waals surface area contributed by atoms with Crippen LogP contribution in [0.1, 0.15) is 101 Å². The van der Waals surface area contributed by atoms with Crippen LogP contribution in [-0.2, 0) is 10.3 Å². The van der Waals surface area contributed by atoms with Gasteiger partial charge in [0.25, 0.3) is 0 Å². The molecule has 0 aromatic heterocycles. The van der Waals surface area contributed by atoms with Crippen LogP contribution in [0.2, 0.25) is 0 Å². The number of piperidine rings is 1. The molecule has 0 bridgehead atoms. The van der Waals surface area contributed by atoms with Crippen molar-refractivity contribution in [3.8, 4) is 11.8 Å². The van der Waals surface area contributed by atoms with Gasteiger partial charge >= 0.3 is 10.3 Å². The summed E-state index contributed by atoms with van der Waals surface area (Å²) in [5.41, 5.74) is 2.64. The van der Waals surface area contributed by atoms with E-state index in [4.69, 9.17) is 9.66 Å². The Balaban J connectivity index is 0.000000235. The molecule has 184 valence electrons. The van der Waals surface area contributed by atoms with Gasteiger partial charge in [-0.15, -0.1) is 0 Å². The van der Waals surface area contributed by atoms with Crippen LogP contribution in [0.5, 0.6) is 0 Å². The smallest absolute Gasteiger partial charge is 0.333 e. The summed E-state index contributed by atoms with van der Waals surface area (Å²) < 4.78 is 31.3. The number of hydrogen-bond acceptors (Lipinski definition) is 4. The first-order chi connectivity index (χ1) is 16.0. The van der Waals surface area contributed by atoms with Crippen LogP contribution in [-0.4, -0.2) is 48.2 Å². The fourth-order valence-corrected chi connectivity index (χ4v) is 6.07. The third-order valence-corrected chi connectivity index (χ3v) is 7.65. The lowest BCUT2D eigenvalue weighted by molar-refractivity contribution is 0.150. The third-order valence-electron chi connectivity index (χ3n) is 7.02. The molecule has 33 heavy (non-hydrogen) atoms. The molecular weight excluding hydrogens is 436 g/mol. The number of rotatable bonds is 6. The van der Waals surface area contributed by atoms with Crippen LogP contribution in [0.4, 0.5) is 0 Å². The van der Waals surface area contributed by atoms with Gasteiger partial charge in [0, 0.05) is 36.7 Å². The normalized spacial score (nSPS) is 23.7. The number of nitrogens with zero attached hydrogens (tertiary/aromatic N) is 1. The molecule has 1 unspecified atom stereocenters. The molecule has 0 amide bonds. The average molecular weight is 477 g/mol. The second-order valence-electron chi connectivity index (χ2n) is 9.48. The lowest BCUT2D eigenvalue weighted by atomic mass is 9.96. The predicted molar refractivity (Wildman–Crippen MR) is 132 cm³/mol. The van der Waals surface area contributed by atoms with Gasteiger partial charge in [0.2, 0.25) is 0 Å². The van der Waals surface area contributed by atoms with E-state index >= 15 is 0 Å². The van der Waals surface area contributed by atoms with E-state index in [1.807, 2.05) is 0 Å². The highest BCUT2D eigenvalue weighted by Gasteiger charge is 2.36. The summed E-state index contributed by atoms with van der Waals surface area (Å²) in [6.45, 7) is 1.53. The van der Waals surface area contributed by atoms with E-state index in [2.05, 4.69) is 45.7 Å². The van der Waals surface area contributed by atoms with Crippen molar-refractivity contribution in [2.24, 2.45) is 0 Å². The second-order valence-corrected chi connectivity index (χ2v) is 10.7. The van der Waals surface area contributed by atoms with Crippen molar-refractivity contribution in [1.82, 2.24) is 9.62 Å². The maximum atomic E-state index is 10.3. The molecule has 6 nitrogen and oxygen atoms in total. The highest BCUT2D eigenvalue weighted by Crippen LogP contribution is 2.41. The molecule has 0 spiro atoms. The molecule has 3 aliphatic rings. The van der Waals surface area contributed by atoms with Crippen LogP contribution >= 0.6 is 0 Å². The quantitative estimate of drug-likeness (QED) is 0.317. The fraction of sp³-hybridized carbons (Fsp3) is 0.692. The molecule has 2 heterocycles. The summed E-state index contributed by atoms with van der Waals surface area (Å²) in [6.07, 6.45) is 14.5. The molecule has 7 heteroatoms. The number of hydrogen-bond donors (Lipinski definition) is 3. The van der Waals surface area contributed by atoms with Crippen molar-refractivity contribution < 1.29 is 18.1 Å². The summed E-state index contributed by atoms with van der Waals surface area (Å²) in [4.78, 5) is 2.73. The number of unbranched alkanes of at least 4 members (excludes halogenated alkanes) is 2. The van der Waals surface area contributed by atoms with Crippen LogP contribution in [0.3, 0.4) is 0 Å². The minimum absolute atomic E-state index is 0.0428. The topological polar surface area (TPSA) is 89.9 Å². The monoisotopic (exact) mass is 476 g/mol. The largest absolute Gasteiger partial charge is 0.396 e. The van der Waals surface area contributed by atoms with Crippen molar-refractivity contribution in [2.45, 2.75) is 102 Å². The SMILES string of the molecule is O=S(=O)(O)NC1CCCCC1.OCCCCC#Cc1ccccc1[C@H]1CCC2CCCCN21. The van der Waals surface area contributed by atoms with E-state index in [1.165, 1.54) is 56.2 Å². The van der Waals surface area contributed by atoms with Gasteiger partial charge in [0.1, 0.15) is 0 Å².